The van der Waals surface area contributed by atoms with Gasteiger partial charge in [0.05, 0.1) is 76.2 Å². The molecule has 0 aromatic carbocycles. The Hall–Kier alpha value is -5.17. The summed E-state index contributed by atoms with van der Waals surface area (Å²) >= 11 is 28.0. The molecule has 0 saturated carbocycles. The van der Waals surface area contributed by atoms with E-state index < -0.39 is 228 Å². The number of aromatic amines is 3. The summed E-state index contributed by atoms with van der Waals surface area (Å²) in [5.41, 5.74) is 8.17. The Kier molecular flexibility index (Phi) is 22.7. The molecule has 6 bridgehead atoms. The number of nitrogens with zero attached hydrogens (tertiary/aromatic N) is 11. The molecule has 114 heavy (non-hydrogen) atoms. The van der Waals surface area contributed by atoms with Gasteiger partial charge in [0.15, 0.2) is 41.3 Å². The van der Waals surface area contributed by atoms with Crippen LogP contribution in [-0.4, -0.2) is 234 Å². The van der Waals surface area contributed by atoms with Crippen molar-refractivity contribution in [3.8, 4) is 0 Å². The van der Waals surface area contributed by atoms with E-state index in [4.69, 9.17) is 159 Å². The van der Waals surface area contributed by atoms with Crippen LogP contribution in [-0.2, 0) is 142 Å². The third-order valence-corrected chi connectivity index (χ3v) is 28.8. The zero-order valence-electron chi connectivity index (χ0n) is 60.2. The predicted octanol–water partition coefficient (Wildman–Crippen LogP) is -1.56. The number of nitrogen functional groups attached to an aromatic ring is 3. The standard InChI is InChI=1S/C57H74N17O30P5S5/c1-21-10-71(52(79)65-41(21)58)48-35-38(55(15-75,97-48)24(4)92-35)102-108(85,113)90-16-56-25(5)93-36(49(98-56)72-12-23(3)46(77)69-54(72)81)39(56)104-109(86,114)91-17-57-26(6)94-37(50(99-57)74-20-63-33-42(59)61-18-62-43(33)74)40(57)103-107(84,112)89-14-30-28(9-32(96-30)73-19-64-34-44(73)66-51(60)67-47(34)78)101-106(83,111)88-13-29-27(100-105(82,110)87-7)8-31(95-29)70-11-22(2)45(76)68-53(70)80/h10-12,18-20,24-32,35-40,48-50,75H,8-9,13-17H2,1-7H3,(H,82,110)(H,83,111)(H,84,112)(H,85,113)(H,86,114)(H2,58,65,79)(H2,59,61,62)(H,68,76,80)(H,69,77,81)(H3,60,66,67,78)/t24-,25-,26-,27+,28+,29+,30+,31+,32+,35?,36?,37?,38+,39+,40+,48+,49+,50+,55-,56-,57-,105?,106?,107?,108?,109?/m0/s1. The lowest BCUT2D eigenvalue weighted by Gasteiger charge is -2.38. The van der Waals surface area contributed by atoms with Gasteiger partial charge in [-0.15, -0.1) is 0 Å². The minimum Gasteiger partial charge on any atom is -0.393 e. The van der Waals surface area contributed by atoms with Gasteiger partial charge in [-0.1, -0.05) is 0 Å². The maximum atomic E-state index is 13.7. The van der Waals surface area contributed by atoms with Gasteiger partial charge in [0.1, 0.15) is 95.8 Å². The molecule has 8 fully saturated rings. The Labute approximate surface area is 665 Å². The molecule has 8 saturated heterocycles. The average molecular weight is 1790 g/mol. The monoisotopic (exact) mass is 1790 g/mol. The van der Waals surface area contributed by atoms with E-state index >= 15 is 0 Å². The first-order chi connectivity index (χ1) is 53.6. The fourth-order valence-corrected chi connectivity index (χ4v) is 21.9. The molecule has 7 aromatic heterocycles. The summed E-state index contributed by atoms with van der Waals surface area (Å²) in [5.74, 6) is -0.359. The molecule has 8 aliphatic rings. The van der Waals surface area contributed by atoms with Crippen LogP contribution in [0, 0.1) is 20.8 Å². The van der Waals surface area contributed by atoms with Crippen molar-refractivity contribution in [2.45, 2.75) is 182 Å². The normalized spacial score (nSPS) is 35.0. The number of nitrogens with one attached hydrogen (secondary N) is 3. The molecular weight excluding hydrogens is 1720 g/mol. The first-order valence-corrected chi connectivity index (χ1v) is 47.3. The number of imidazole rings is 2. The second kappa shape index (κ2) is 30.8. The molecular formula is C57H74N17O30P5S5. The topological polar surface area (TPSA) is 617 Å². The molecule has 0 aliphatic carbocycles. The van der Waals surface area contributed by atoms with Crippen LogP contribution in [0.3, 0.4) is 0 Å². The van der Waals surface area contributed by atoms with Crippen LogP contribution in [0.4, 0.5) is 17.6 Å². The van der Waals surface area contributed by atoms with E-state index in [0.717, 1.165) is 27.1 Å². The summed E-state index contributed by atoms with van der Waals surface area (Å²) in [6, 6.07) is 0. The molecule has 15 N–H and O–H groups in total. The zero-order valence-corrected chi connectivity index (χ0v) is 68.8. The number of nitrogens with two attached hydrogens (primary N) is 3. The van der Waals surface area contributed by atoms with E-state index in [1.165, 1.54) is 68.1 Å². The number of aryl methyl sites for hydroxylation is 3. The minimum absolute atomic E-state index is 0.0225. The first-order valence-electron chi connectivity index (χ1n) is 34.3. The second-order valence-electron chi connectivity index (χ2n) is 27.9. The lowest BCUT2D eigenvalue weighted by molar-refractivity contribution is -0.219. The molecule has 0 spiro atoms. The number of H-pyrrole nitrogens is 3. The SMILES string of the molecule is COP(O)(=S)O[C@@H]1C[C@H](n2cc(C)c(=O)[nH]c2=O)O[C@@H]1COP(O)(=S)O[C@@H]1C[C@H](n2cnc3c(=O)[nH]c(N)nc32)O[C@@H]1COP(O)(=S)O[C@@H]1C2O[C@@H](C)[C@]1(COP(O)(=S)O[C@@H]1C3O[C@@H](C)[C@]1(COP(O)(=S)O[C@@H]1C4O[C@@H](C)[C@]1(CO)O[C@H]4n1cc(C)c(N)nc1=O)O[C@H]3n1cc(C)c(=O)[nH]c1=O)O[C@H]2n1cnc2c(N)ncnc21. The Morgan fingerprint density at radius 3 is 1.51 bits per heavy atom. The first kappa shape index (κ1) is 83.9. The fourth-order valence-electron chi connectivity index (χ4n) is 15.1. The van der Waals surface area contributed by atoms with Crippen molar-refractivity contribution >= 4 is 133 Å². The van der Waals surface area contributed by atoms with Crippen LogP contribution in [0.5, 0.6) is 0 Å². The number of aromatic nitrogens is 14. The molecule has 57 heteroatoms. The molecule has 8 aliphatic heterocycles. The van der Waals surface area contributed by atoms with Crippen molar-refractivity contribution in [3.05, 3.63) is 117 Å². The summed E-state index contributed by atoms with van der Waals surface area (Å²) < 4.78 is 118. The van der Waals surface area contributed by atoms with Crippen LogP contribution in [0.1, 0.15) is 81.4 Å². The van der Waals surface area contributed by atoms with E-state index in [1.54, 1.807) is 13.8 Å². The lowest BCUT2D eigenvalue weighted by atomic mass is 9.94. The molecule has 0 radical (unpaired) electrons. The van der Waals surface area contributed by atoms with Gasteiger partial charge in [-0.05, 0) is 101 Å². The number of rotatable bonds is 29. The van der Waals surface area contributed by atoms with Gasteiger partial charge in [0.2, 0.25) is 5.95 Å². The highest BCUT2D eigenvalue weighted by Crippen LogP contribution is 2.64. The van der Waals surface area contributed by atoms with Crippen LogP contribution < -0.4 is 50.9 Å². The number of aliphatic hydroxyl groups excluding tert-OH is 1. The Bertz CT molecular complexity index is 5630. The van der Waals surface area contributed by atoms with Crippen molar-refractivity contribution in [2.24, 2.45) is 0 Å². The number of fused-ring (bicyclic) bond motifs is 8. The summed E-state index contributed by atoms with van der Waals surface area (Å²) in [6.45, 7) is -17.6. The van der Waals surface area contributed by atoms with Crippen LogP contribution in [0.15, 0.2) is 66.3 Å². The quantitative estimate of drug-likeness (QED) is 0.0236. The third kappa shape index (κ3) is 15.4. The average Bonchev–Trinajstić information content (AvgIpc) is 2.09. The van der Waals surface area contributed by atoms with Crippen molar-refractivity contribution in [1.82, 2.24) is 67.7 Å². The van der Waals surface area contributed by atoms with E-state index in [1.807, 2.05) is 0 Å². The smallest absolute Gasteiger partial charge is 0.351 e. The van der Waals surface area contributed by atoms with Crippen molar-refractivity contribution in [3.63, 3.8) is 0 Å². The van der Waals surface area contributed by atoms with Gasteiger partial charge in [-0.3, -0.25) is 65.7 Å². The summed E-state index contributed by atoms with van der Waals surface area (Å²) in [5, 5.41) is 11.0. The Morgan fingerprint density at radius 1 is 0.509 bits per heavy atom. The van der Waals surface area contributed by atoms with Crippen LogP contribution >= 0.6 is 33.6 Å². The van der Waals surface area contributed by atoms with E-state index in [2.05, 4.69) is 44.9 Å². The fraction of sp³-hybridized carbons (Fsp3) is 0.614. The van der Waals surface area contributed by atoms with E-state index in [9.17, 15) is 58.3 Å². The number of anilines is 3. The third-order valence-electron chi connectivity index (χ3n) is 20.9. The van der Waals surface area contributed by atoms with Gasteiger partial charge >= 0.3 is 50.7 Å². The molecule has 622 valence electrons. The number of ether oxygens (including phenoxy) is 8. The highest BCUT2D eigenvalue weighted by atomic mass is 32.5. The van der Waals surface area contributed by atoms with Gasteiger partial charge in [-0.2, -0.15) is 9.97 Å². The molecule has 15 rings (SSSR count). The summed E-state index contributed by atoms with van der Waals surface area (Å²) in [4.78, 5) is 170. The summed E-state index contributed by atoms with van der Waals surface area (Å²) in [6.07, 6.45) is -16.6. The number of hydrogen-bond acceptors (Lipinski definition) is 39. The molecule has 0 amide bonds. The van der Waals surface area contributed by atoms with Crippen molar-refractivity contribution in [2.75, 3.05) is 57.3 Å². The molecule has 15 heterocycles. The largest absolute Gasteiger partial charge is 0.393 e. The van der Waals surface area contributed by atoms with Gasteiger partial charge in [-0.25, -0.2) is 34.3 Å². The summed E-state index contributed by atoms with van der Waals surface area (Å²) in [7, 11) is 1.11. The van der Waals surface area contributed by atoms with Crippen molar-refractivity contribution in [1.29, 1.82) is 0 Å². The van der Waals surface area contributed by atoms with Gasteiger partial charge in [0, 0.05) is 55.2 Å². The minimum atomic E-state index is -4.88. The Balaban J connectivity index is 0.696. The van der Waals surface area contributed by atoms with Crippen LogP contribution in [0.25, 0.3) is 22.3 Å². The lowest BCUT2D eigenvalue weighted by Crippen LogP contribution is -2.52. The molecule has 26 atom stereocenters. The maximum Gasteiger partial charge on any atom is 0.351 e. The maximum absolute atomic E-state index is 13.7. The molecule has 7 aromatic rings. The number of hydrogen-bond donors (Lipinski definition) is 12. The van der Waals surface area contributed by atoms with Crippen LogP contribution in [0.2, 0.25) is 0 Å². The zero-order chi connectivity index (χ0) is 81.8. The van der Waals surface area contributed by atoms with E-state index in [0.29, 0.717) is 5.56 Å². The van der Waals surface area contributed by atoms with Crippen molar-refractivity contribution < 1.29 is 113 Å². The molecule has 8 unspecified atom stereocenters. The van der Waals surface area contributed by atoms with Gasteiger partial charge in [0.25, 0.3) is 16.7 Å². The highest BCUT2D eigenvalue weighted by molar-refractivity contribution is 8.08. The molecule has 47 nitrogen and oxygen atoms in total. The van der Waals surface area contributed by atoms with E-state index in [-0.39, 0.29) is 63.9 Å². The highest BCUT2D eigenvalue weighted by Gasteiger charge is 2.72. The predicted molar refractivity (Wildman–Crippen MR) is 405 cm³/mol. The van der Waals surface area contributed by atoms with Gasteiger partial charge < -0.3 is 116 Å². The Morgan fingerprint density at radius 2 is 0.956 bits per heavy atom. The number of aliphatic hydroxyl groups is 1. The second-order valence-corrected chi connectivity index (χ2v) is 41.9.